The average Bonchev–Trinajstić information content (AvgIpc) is 2.62. The van der Waals surface area contributed by atoms with Gasteiger partial charge in [-0.25, -0.2) is 0 Å². The third-order valence-electron chi connectivity index (χ3n) is 4.65. The Balaban J connectivity index is 2.69. The molecule has 0 saturated heterocycles. The normalized spacial score (nSPS) is 17.4. The first-order valence-corrected chi connectivity index (χ1v) is 7.53. The molecule has 1 aromatic rings. The van der Waals surface area contributed by atoms with Gasteiger partial charge in [-0.3, -0.25) is 0 Å². The van der Waals surface area contributed by atoms with Crippen LogP contribution in [-0.4, -0.2) is 0 Å². The fourth-order valence-electron chi connectivity index (χ4n) is 3.06. The first-order valence-electron chi connectivity index (χ1n) is 7.53. The lowest BCUT2D eigenvalue weighted by molar-refractivity contribution is 0.519. The molecule has 1 aliphatic rings. The zero-order chi connectivity index (χ0) is 14.4. The molecule has 19 heavy (non-hydrogen) atoms. The fraction of sp³-hybridized carbons (Fsp3) is 0.579. The Kier molecular flexibility index (Phi) is 3.41. The summed E-state index contributed by atoms with van der Waals surface area (Å²) in [5.74, 6) is 0. The van der Waals surface area contributed by atoms with E-state index in [1.165, 1.54) is 29.5 Å². The second kappa shape index (κ2) is 4.51. The molecule has 0 aliphatic heterocycles. The highest BCUT2D eigenvalue weighted by Gasteiger charge is 2.33. The molecule has 0 aromatic heterocycles. The molecule has 0 saturated carbocycles. The maximum atomic E-state index is 4.29. The van der Waals surface area contributed by atoms with Crippen LogP contribution in [0.25, 0.3) is 5.57 Å². The molecule has 0 radical (unpaired) electrons. The van der Waals surface area contributed by atoms with Crippen molar-refractivity contribution < 1.29 is 0 Å². The van der Waals surface area contributed by atoms with Gasteiger partial charge in [0.05, 0.1) is 0 Å². The molecule has 0 N–H and O–H groups in total. The van der Waals surface area contributed by atoms with Gasteiger partial charge in [0.1, 0.15) is 0 Å². The van der Waals surface area contributed by atoms with Crippen LogP contribution in [0.3, 0.4) is 0 Å². The first kappa shape index (κ1) is 14.4. The quantitative estimate of drug-likeness (QED) is 0.643. The molecule has 0 fully saturated rings. The summed E-state index contributed by atoms with van der Waals surface area (Å²) in [4.78, 5) is 0. The zero-order valence-corrected chi connectivity index (χ0v) is 13.5. The van der Waals surface area contributed by atoms with Crippen LogP contribution in [0.15, 0.2) is 18.7 Å². The van der Waals surface area contributed by atoms with Crippen molar-refractivity contribution in [3.8, 4) is 0 Å². The van der Waals surface area contributed by atoms with E-state index in [-0.39, 0.29) is 5.41 Å². The Bertz CT molecular complexity index is 510. The maximum absolute atomic E-state index is 4.29. The van der Waals surface area contributed by atoms with Gasteiger partial charge in [-0.1, -0.05) is 60.3 Å². The summed E-state index contributed by atoms with van der Waals surface area (Å²) in [5, 5.41) is 0. The predicted molar refractivity (Wildman–Crippen MR) is 85.8 cm³/mol. The SMILES string of the molecule is C=C(CC)c1cc(C(C)(C)C)cc2c1CCC2(C)C. The highest BCUT2D eigenvalue weighted by Crippen LogP contribution is 2.43. The monoisotopic (exact) mass is 256 g/mol. The van der Waals surface area contributed by atoms with Crippen LogP contribution < -0.4 is 0 Å². The van der Waals surface area contributed by atoms with Crippen molar-refractivity contribution >= 4 is 5.57 Å². The zero-order valence-electron chi connectivity index (χ0n) is 13.5. The van der Waals surface area contributed by atoms with Crippen molar-refractivity contribution in [2.45, 2.75) is 71.6 Å². The Morgan fingerprint density at radius 2 is 1.89 bits per heavy atom. The summed E-state index contributed by atoms with van der Waals surface area (Å²) in [7, 11) is 0. The smallest absolute Gasteiger partial charge is 0.00973 e. The summed E-state index contributed by atoms with van der Waals surface area (Å²) < 4.78 is 0. The van der Waals surface area contributed by atoms with Gasteiger partial charge < -0.3 is 0 Å². The largest absolute Gasteiger partial charge is 0.0952 e. The Morgan fingerprint density at radius 3 is 2.42 bits per heavy atom. The number of fused-ring (bicyclic) bond motifs is 1. The van der Waals surface area contributed by atoms with E-state index in [0.29, 0.717) is 5.41 Å². The van der Waals surface area contributed by atoms with Gasteiger partial charge in [0.2, 0.25) is 0 Å². The van der Waals surface area contributed by atoms with E-state index < -0.39 is 0 Å². The topological polar surface area (TPSA) is 0 Å². The summed E-state index contributed by atoms with van der Waals surface area (Å²) in [6.07, 6.45) is 3.52. The summed E-state index contributed by atoms with van der Waals surface area (Å²) >= 11 is 0. The van der Waals surface area contributed by atoms with Gasteiger partial charge in [-0.05, 0) is 57.9 Å². The second-order valence-corrected chi connectivity index (χ2v) is 7.64. The van der Waals surface area contributed by atoms with Crippen LogP contribution in [0.1, 0.15) is 76.6 Å². The van der Waals surface area contributed by atoms with E-state index in [2.05, 4.69) is 60.3 Å². The number of benzene rings is 1. The molecule has 0 amide bonds. The fourth-order valence-corrected chi connectivity index (χ4v) is 3.06. The highest BCUT2D eigenvalue weighted by molar-refractivity contribution is 5.70. The summed E-state index contributed by atoms with van der Waals surface area (Å²) in [6, 6.07) is 4.85. The first-order chi connectivity index (χ1) is 8.66. The number of hydrogen-bond donors (Lipinski definition) is 0. The molecule has 2 rings (SSSR count). The second-order valence-electron chi connectivity index (χ2n) is 7.64. The number of allylic oxidation sites excluding steroid dienone is 1. The third kappa shape index (κ3) is 2.50. The van der Waals surface area contributed by atoms with Gasteiger partial charge in [0.25, 0.3) is 0 Å². The average molecular weight is 256 g/mol. The minimum Gasteiger partial charge on any atom is -0.0952 e. The molecule has 0 nitrogen and oxygen atoms in total. The van der Waals surface area contributed by atoms with E-state index in [1.807, 2.05) is 0 Å². The van der Waals surface area contributed by atoms with Gasteiger partial charge >= 0.3 is 0 Å². The van der Waals surface area contributed by atoms with Crippen LogP contribution in [0, 0.1) is 0 Å². The van der Waals surface area contributed by atoms with Crippen molar-refractivity contribution in [1.82, 2.24) is 0 Å². The molecule has 0 heterocycles. The molecule has 0 unspecified atom stereocenters. The van der Waals surface area contributed by atoms with E-state index in [4.69, 9.17) is 0 Å². The van der Waals surface area contributed by atoms with Crippen molar-refractivity contribution in [1.29, 1.82) is 0 Å². The van der Waals surface area contributed by atoms with E-state index >= 15 is 0 Å². The lowest BCUT2D eigenvalue weighted by Gasteiger charge is -2.26. The Labute approximate surface area is 118 Å². The van der Waals surface area contributed by atoms with Crippen molar-refractivity contribution in [2.75, 3.05) is 0 Å². The third-order valence-corrected chi connectivity index (χ3v) is 4.65. The van der Waals surface area contributed by atoms with Gasteiger partial charge in [0, 0.05) is 0 Å². The number of hydrogen-bond acceptors (Lipinski definition) is 0. The lowest BCUT2D eigenvalue weighted by Crippen LogP contribution is -2.17. The highest BCUT2D eigenvalue weighted by atomic mass is 14.4. The molecular weight excluding hydrogens is 228 g/mol. The van der Waals surface area contributed by atoms with E-state index in [9.17, 15) is 0 Å². The van der Waals surface area contributed by atoms with Gasteiger partial charge in [0.15, 0.2) is 0 Å². The molecule has 104 valence electrons. The molecular formula is C19H28. The minimum absolute atomic E-state index is 0.205. The minimum atomic E-state index is 0.205. The maximum Gasteiger partial charge on any atom is -0.00973 e. The standard InChI is InChI=1S/C19H28/c1-8-13(2)16-11-14(18(3,4)5)12-17-15(16)9-10-19(17,6)7/h11-12H,2,8-10H2,1,3-7H3. The Hall–Kier alpha value is -1.04. The Morgan fingerprint density at radius 1 is 1.26 bits per heavy atom. The molecule has 0 bridgehead atoms. The van der Waals surface area contributed by atoms with Gasteiger partial charge in [-0.15, -0.1) is 0 Å². The van der Waals surface area contributed by atoms with E-state index in [1.54, 1.807) is 11.1 Å². The van der Waals surface area contributed by atoms with Crippen LogP contribution >= 0.6 is 0 Å². The molecule has 0 atom stereocenters. The lowest BCUT2D eigenvalue weighted by atomic mass is 9.78. The molecule has 1 aliphatic carbocycles. The van der Waals surface area contributed by atoms with Crippen LogP contribution in [0.4, 0.5) is 0 Å². The van der Waals surface area contributed by atoms with Crippen molar-refractivity contribution in [3.63, 3.8) is 0 Å². The number of rotatable bonds is 2. The van der Waals surface area contributed by atoms with E-state index in [0.717, 1.165) is 6.42 Å². The van der Waals surface area contributed by atoms with Crippen LogP contribution in [0.2, 0.25) is 0 Å². The predicted octanol–water partition coefficient (Wildman–Crippen LogP) is 5.63. The van der Waals surface area contributed by atoms with Crippen molar-refractivity contribution in [2.24, 2.45) is 0 Å². The molecule has 0 heteroatoms. The molecule has 0 spiro atoms. The van der Waals surface area contributed by atoms with Crippen molar-refractivity contribution in [3.05, 3.63) is 41.0 Å². The van der Waals surface area contributed by atoms with Crippen LogP contribution in [-0.2, 0) is 17.3 Å². The van der Waals surface area contributed by atoms with Gasteiger partial charge in [-0.2, -0.15) is 0 Å². The van der Waals surface area contributed by atoms with Crippen LogP contribution in [0.5, 0.6) is 0 Å². The summed E-state index contributed by atoms with van der Waals surface area (Å²) in [6.45, 7) is 18.2. The summed E-state index contributed by atoms with van der Waals surface area (Å²) in [5.41, 5.74) is 7.81. The molecule has 1 aromatic carbocycles.